The molecule has 20 aromatic rings. The van der Waals surface area contributed by atoms with Gasteiger partial charge in [0.25, 0.3) is 0 Å². The number of anilines is 3. The van der Waals surface area contributed by atoms with Gasteiger partial charge in [-0.2, -0.15) is 0 Å². The number of ether oxygens (including phenoxy) is 7. The lowest BCUT2D eigenvalue weighted by molar-refractivity contribution is 0.122. The molecule has 4 aliphatic carbocycles. The molecule has 0 amide bonds. The average Bonchev–Trinajstić information content (AvgIpc) is 1.48. The lowest BCUT2D eigenvalue weighted by atomic mass is 9.68. The molecule has 11 nitrogen and oxygen atoms in total. The van der Waals surface area contributed by atoms with Gasteiger partial charge in [-0.15, -0.1) is 6.42 Å². The second-order valence-corrected chi connectivity index (χ2v) is 40.1. The number of rotatable bonds is 9. The normalized spacial score (nSPS) is 20.5. The summed E-state index contributed by atoms with van der Waals surface area (Å²) < 4.78 is 46.7. The van der Waals surface area contributed by atoms with Gasteiger partial charge in [0, 0.05) is 150 Å². The summed E-state index contributed by atoms with van der Waals surface area (Å²) in [7, 11) is 0. The molecule has 706 valence electrons. The molecule has 1 N–H and O–H groups in total. The summed E-state index contributed by atoms with van der Waals surface area (Å²) in [6.07, 6.45) is 24.1. The van der Waals surface area contributed by atoms with Crippen LogP contribution in [0.3, 0.4) is 0 Å². The number of morpholine rings is 3. The predicted molar refractivity (Wildman–Crippen MR) is 594 cm³/mol. The fourth-order valence-corrected chi connectivity index (χ4v) is 26.3. The molecule has 7 heterocycles. The van der Waals surface area contributed by atoms with Gasteiger partial charge in [0.05, 0.1) is 45.1 Å². The molecular formula is C136H99N3O8. The first kappa shape index (κ1) is 86.6. The van der Waals surface area contributed by atoms with Crippen LogP contribution < -0.4 is 33.6 Å². The Bertz CT molecular complexity index is 8960. The van der Waals surface area contributed by atoms with E-state index in [-0.39, 0.29) is 0 Å². The molecule has 5 unspecified atom stereocenters. The SMILES string of the molecule is C#CC1(O)c2ccccc2-c2c1c1c(c3ccccc23)OC(c2ccccc2)(c2ccc(N3CCOCC3)cc2)C=C1.C1=CC(c2ccccc2)(c2ccc(N3CCOCC3)cc2)Oc2c1c1c(c3ccccc23)-c2ccccc2C12C=Cc1c(ccc3ccccc13)O2.C1=CC(c2ccccc2)(c2ccc(N3CCOCC3)cc2)Oc2c1c1c(c3ccccc23)-c2ccccc2C12c1cccc3ccc4cccc2c4c13. The fourth-order valence-electron chi connectivity index (χ4n) is 26.3. The van der Waals surface area contributed by atoms with E-state index >= 15 is 0 Å². The first-order valence-electron chi connectivity index (χ1n) is 51.4. The van der Waals surface area contributed by atoms with Gasteiger partial charge in [0.2, 0.25) is 0 Å². The molecule has 3 fully saturated rings. The molecule has 20 aromatic carbocycles. The largest absolute Gasteiger partial charge is 0.473 e. The minimum absolute atomic E-state index is 0.497. The van der Waals surface area contributed by atoms with Crippen LogP contribution in [0.2, 0.25) is 0 Å². The number of hydrogen-bond acceptors (Lipinski definition) is 11. The summed E-state index contributed by atoms with van der Waals surface area (Å²) in [5, 5.41) is 26.4. The van der Waals surface area contributed by atoms with E-state index in [2.05, 4.69) is 409 Å². The molecule has 0 bridgehead atoms. The van der Waals surface area contributed by atoms with Crippen LogP contribution in [0.25, 0.3) is 122 Å². The van der Waals surface area contributed by atoms with Crippen molar-refractivity contribution in [1.82, 2.24) is 0 Å². The van der Waals surface area contributed by atoms with Gasteiger partial charge in [-0.25, -0.2) is 0 Å². The van der Waals surface area contributed by atoms with Gasteiger partial charge in [-0.3, -0.25) is 0 Å². The number of nitrogens with zero attached hydrogens (tertiary/aromatic N) is 3. The molecule has 11 heteroatoms. The van der Waals surface area contributed by atoms with Crippen molar-refractivity contribution in [3.05, 3.63) is 519 Å². The van der Waals surface area contributed by atoms with Gasteiger partial charge in [0.1, 0.15) is 23.0 Å². The molecule has 147 heavy (non-hydrogen) atoms. The molecule has 5 atom stereocenters. The number of fused-ring (bicyclic) bond motifs is 33. The van der Waals surface area contributed by atoms with E-state index in [1.807, 2.05) is 54.6 Å². The summed E-state index contributed by atoms with van der Waals surface area (Å²) in [6.45, 7) is 9.85. The Morgan fingerprint density at radius 2 is 0.558 bits per heavy atom. The van der Waals surface area contributed by atoms with Gasteiger partial charge in [-0.1, -0.05) is 376 Å². The Balaban J connectivity index is 0.000000105. The van der Waals surface area contributed by atoms with Crippen LogP contribution in [0.15, 0.2) is 419 Å². The maximum Gasteiger partial charge on any atom is 0.180 e. The molecule has 0 aromatic heterocycles. The van der Waals surface area contributed by atoms with E-state index in [0.29, 0.717) is 5.56 Å². The topological polar surface area (TPSA) is 94.6 Å². The molecule has 0 radical (unpaired) electrons. The fraction of sp³-hybridized carbons (Fsp3) is 0.132. The summed E-state index contributed by atoms with van der Waals surface area (Å²) in [6, 6.07) is 141. The Morgan fingerprint density at radius 3 is 1.00 bits per heavy atom. The van der Waals surface area contributed by atoms with Crippen LogP contribution >= 0.6 is 0 Å². The number of hydrogen-bond donors (Lipinski definition) is 1. The third-order valence-corrected chi connectivity index (χ3v) is 33.0. The molecule has 7 aliphatic heterocycles. The average molecular weight is 1900 g/mol. The van der Waals surface area contributed by atoms with Gasteiger partial charge in [-0.05, 0) is 177 Å². The number of benzene rings is 20. The number of terminal acetylenes is 1. The molecule has 31 rings (SSSR count). The van der Waals surface area contributed by atoms with Gasteiger partial charge < -0.3 is 53.0 Å². The summed E-state index contributed by atoms with van der Waals surface area (Å²) in [5.74, 6) is 6.14. The van der Waals surface area contributed by atoms with Gasteiger partial charge >= 0.3 is 0 Å². The second kappa shape index (κ2) is 33.8. The minimum Gasteiger partial charge on any atom is -0.473 e. The maximum atomic E-state index is 12.1. The monoisotopic (exact) mass is 1900 g/mol. The Labute approximate surface area is 853 Å². The maximum absolute atomic E-state index is 12.1. The Morgan fingerprint density at radius 1 is 0.245 bits per heavy atom. The van der Waals surface area contributed by atoms with Crippen molar-refractivity contribution < 1.29 is 38.3 Å². The lowest BCUT2D eigenvalue weighted by Crippen LogP contribution is -2.37. The van der Waals surface area contributed by atoms with Gasteiger partial charge in [0.15, 0.2) is 28.0 Å². The van der Waals surface area contributed by atoms with Crippen LogP contribution in [0.1, 0.15) is 100 Å². The molecule has 2 spiro atoms. The van der Waals surface area contributed by atoms with E-state index in [1.165, 1.54) is 99.3 Å². The smallest absolute Gasteiger partial charge is 0.180 e. The number of aliphatic hydroxyl groups is 1. The third kappa shape index (κ3) is 12.8. The highest BCUT2D eigenvalue weighted by molar-refractivity contribution is 6.20. The molecule has 3 saturated heterocycles. The van der Waals surface area contributed by atoms with E-state index in [0.717, 1.165) is 212 Å². The zero-order valence-electron chi connectivity index (χ0n) is 80.9. The lowest BCUT2D eigenvalue weighted by Gasteiger charge is -2.40. The zero-order chi connectivity index (χ0) is 97.3. The highest BCUT2D eigenvalue weighted by Gasteiger charge is 2.56. The van der Waals surface area contributed by atoms with Crippen LogP contribution in [-0.2, 0) is 47.6 Å². The summed E-state index contributed by atoms with van der Waals surface area (Å²) in [4.78, 5) is 7.15. The van der Waals surface area contributed by atoms with Crippen molar-refractivity contribution in [3.63, 3.8) is 0 Å². The van der Waals surface area contributed by atoms with E-state index < -0.39 is 33.4 Å². The van der Waals surface area contributed by atoms with Crippen LogP contribution in [0.5, 0.6) is 23.0 Å². The van der Waals surface area contributed by atoms with Crippen LogP contribution in [-0.4, -0.2) is 84.0 Å². The van der Waals surface area contributed by atoms with Crippen molar-refractivity contribution in [1.29, 1.82) is 0 Å². The van der Waals surface area contributed by atoms with Crippen LogP contribution in [0.4, 0.5) is 17.1 Å². The Hall–Kier alpha value is -17.1. The quantitative estimate of drug-likeness (QED) is 0.111. The standard InChI is InChI=1S/C50H35NO2.C48H35NO3.C38H29NO3/c1-2-12-34(13-3-1)49(35-22-24-36(25-23-35)51-28-30-52-31-29-51)27-26-40-47-46(37-14-4-5-15-38(37)48(40)53-49)39-16-6-7-17-41(39)50(47)42-18-8-10-32-20-21-33-11-9-19-43(50)45(33)44(32)42;1-2-11-33(12-3-1)47(34-19-21-35(22-20-34)49-28-30-50-31-29-49)26-25-41-45-44(38-14-6-7-15-39(38)46(41)52-47)40-16-8-9-17-42(40)48(45)27-24-37-36-13-5-4-10-32(36)18-23-43(37)51-48;1-2-37(40)33-15-9-8-14-31(33)34-29-12-6-7-13-30(29)36-32(35(34)37)20-21-38(42-36,26-10-4-3-5-11-26)27-16-18-28(19-17-27)39-22-24-41-25-23-39/h1-27H,28-31H2;1-27H,28-31H2;1,3-21,40H,22-25H2. The van der Waals surface area contributed by atoms with Crippen molar-refractivity contribution in [2.75, 3.05) is 93.6 Å². The second-order valence-electron chi connectivity index (χ2n) is 40.1. The summed E-state index contributed by atoms with van der Waals surface area (Å²) in [5.41, 5.74) is 24.7. The minimum atomic E-state index is -1.57. The van der Waals surface area contributed by atoms with Crippen molar-refractivity contribution >= 4 is 106 Å². The van der Waals surface area contributed by atoms with E-state index in [1.54, 1.807) is 0 Å². The van der Waals surface area contributed by atoms with Crippen molar-refractivity contribution in [2.24, 2.45) is 0 Å². The predicted octanol–water partition coefficient (Wildman–Crippen LogP) is 28.4. The zero-order valence-corrected chi connectivity index (χ0v) is 80.9. The first-order valence-corrected chi connectivity index (χ1v) is 51.4. The van der Waals surface area contributed by atoms with Crippen LogP contribution in [0, 0.1) is 12.3 Å². The van der Waals surface area contributed by atoms with E-state index in [9.17, 15) is 5.11 Å². The Kier molecular flexibility index (Phi) is 19.9. The molecule has 11 aliphatic rings. The molecular weight excluding hydrogens is 1800 g/mol. The molecule has 0 saturated carbocycles. The summed E-state index contributed by atoms with van der Waals surface area (Å²) >= 11 is 0. The first-order chi connectivity index (χ1) is 72.6. The highest BCUT2D eigenvalue weighted by Crippen LogP contribution is 2.68. The third-order valence-electron chi connectivity index (χ3n) is 33.0. The van der Waals surface area contributed by atoms with E-state index in [4.69, 9.17) is 39.6 Å². The van der Waals surface area contributed by atoms with Crippen molar-refractivity contribution in [3.8, 4) is 68.7 Å². The van der Waals surface area contributed by atoms with Crippen molar-refractivity contribution in [2.45, 2.75) is 33.4 Å². The highest BCUT2D eigenvalue weighted by atomic mass is 16.5.